The minimum Gasteiger partial charge on any atom is -0.378 e. The molecule has 2 aliphatic heterocycles. The Balaban J connectivity index is 1.46. The van der Waals surface area contributed by atoms with Crippen LogP contribution in [0.2, 0.25) is 0 Å². The molecule has 0 amide bonds. The van der Waals surface area contributed by atoms with Crippen molar-refractivity contribution in [2.24, 2.45) is 0 Å². The van der Waals surface area contributed by atoms with Gasteiger partial charge in [0, 0.05) is 56.8 Å². The number of benzene rings is 1. The standard InChI is InChI=1S/C24H31N7O3S2/c1-17(16-29-6-8-31(9-7-29)36(2,32)33)14-21-22(35)24(30-10-12-34-13-11-30)27-23(26-21)18-4-3-5-20-19(18)15-25-28-20/h3-5,14-15,35H,6-13,16H2,1-2H3,(H,25,28)/b17-14+. The molecule has 3 aromatic rings. The number of nitrogens with one attached hydrogen (secondary N) is 1. The van der Waals surface area contributed by atoms with Crippen molar-refractivity contribution in [2.75, 3.05) is 70.2 Å². The number of H-pyrrole nitrogens is 1. The number of anilines is 1. The minimum atomic E-state index is -3.15. The highest BCUT2D eigenvalue weighted by Crippen LogP contribution is 2.32. The summed E-state index contributed by atoms with van der Waals surface area (Å²) in [7, 11) is -3.15. The molecule has 36 heavy (non-hydrogen) atoms. The summed E-state index contributed by atoms with van der Waals surface area (Å²) in [5.41, 5.74) is 3.73. The molecule has 12 heteroatoms. The molecule has 4 heterocycles. The first-order valence-corrected chi connectivity index (χ1v) is 14.3. The first kappa shape index (κ1) is 25.2. The van der Waals surface area contributed by atoms with Crippen molar-refractivity contribution in [3.8, 4) is 11.4 Å². The summed E-state index contributed by atoms with van der Waals surface area (Å²) in [6.07, 6.45) is 5.13. The van der Waals surface area contributed by atoms with E-state index in [9.17, 15) is 8.42 Å². The lowest BCUT2D eigenvalue weighted by atomic mass is 10.1. The van der Waals surface area contributed by atoms with Crippen LogP contribution in [0.3, 0.4) is 0 Å². The van der Waals surface area contributed by atoms with Crippen LogP contribution in [-0.4, -0.2) is 103 Å². The normalized spacial score (nSPS) is 18.8. The number of morpholine rings is 1. The first-order valence-electron chi connectivity index (χ1n) is 12.0. The minimum absolute atomic E-state index is 0.511. The molecule has 0 atom stereocenters. The summed E-state index contributed by atoms with van der Waals surface area (Å²) in [4.78, 5) is 15.1. The van der Waals surface area contributed by atoms with E-state index in [4.69, 9.17) is 27.3 Å². The van der Waals surface area contributed by atoms with Gasteiger partial charge >= 0.3 is 0 Å². The Kier molecular flexibility index (Phi) is 7.31. The lowest BCUT2D eigenvalue weighted by Gasteiger charge is -2.33. The highest BCUT2D eigenvalue weighted by molar-refractivity contribution is 7.88. The van der Waals surface area contributed by atoms with Gasteiger partial charge < -0.3 is 9.64 Å². The van der Waals surface area contributed by atoms with Gasteiger partial charge in [-0.3, -0.25) is 10.00 Å². The van der Waals surface area contributed by atoms with Crippen molar-refractivity contribution in [3.05, 3.63) is 35.7 Å². The molecule has 0 bridgehead atoms. The fraction of sp³-hybridized carbons (Fsp3) is 0.458. The topological polar surface area (TPSA) is 108 Å². The van der Waals surface area contributed by atoms with Gasteiger partial charge in [0.15, 0.2) is 5.82 Å². The fourth-order valence-corrected chi connectivity index (χ4v) is 5.82. The van der Waals surface area contributed by atoms with Gasteiger partial charge in [0.05, 0.1) is 41.8 Å². The van der Waals surface area contributed by atoms with E-state index >= 15 is 0 Å². The van der Waals surface area contributed by atoms with Gasteiger partial charge in [-0.15, -0.1) is 12.6 Å². The number of ether oxygens (including phenoxy) is 1. The van der Waals surface area contributed by atoms with Crippen LogP contribution in [0.1, 0.15) is 12.6 Å². The van der Waals surface area contributed by atoms with Crippen LogP contribution in [0.5, 0.6) is 0 Å². The van der Waals surface area contributed by atoms with Crippen LogP contribution >= 0.6 is 12.6 Å². The summed E-state index contributed by atoms with van der Waals surface area (Å²) < 4.78 is 30.7. The van der Waals surface area contributed by atoms with E-state index < -0.39 is 10.0 Å². The molecule has 2 aliphatic rings. The average Bonchev–Trinajstić information content (AvgIpc) is 3.35. The molecule has 0 aliphatic carbocycles. The first-order chi connectivity index (χ1) is 17.3. The lowest BCUT2D eigenvalue weighted by Crippen LogP contribution is -2.48. The number of fused-ring (bicyclic) bond motifs is 1. The number of thiol groups is 1. The fourth-order valence-electron chi connectivity index (χ4n) is 4.69. The summed E-state index contributed by atoms with van der Waals surface area (Å²) in [6, 6.07) is 5.96. The van der Waals surface area contributed by atoms with Crippen LogP contribution in [-0.2, 0) is 14.8 Å². The second-order valence-electron chi connectivity index (χ2n) is 9.27. The van der Waals surface area contributed by atoms with Gasteiger partial charge in [-0.25, -0.2) is 18.4 Å². The maximum Gasteiger partial charge on any atom is 0.211 e. The predicted molar refractivity (Wildman–Crippen MR) is 144 cm³/mol. The molecule has 0 unspecified atom stereocenters. The van der Waals surface area contributed by atoms with E-state index in [0.717, 1.165) is 58.1 Å². The number of nitrogens with zero attached hydrogens (tertiary/aromatic N) is 6. The number of rotatable bonds is 6. The van der Waals surface area contributed by atoms with Gasteiger partial charge in [0.2, 0.25) is 10.0 Å². The van der Waals surface area contributed by atoms with Crippen LogP contribution in [0.25, 0.3) is 28.4 Å². The van der Waals surface area contributed by atoms with Crippen molar-refractivity contribution in [3.63, 3.8) is 0 Å². The van der Waals surface area contributed by atoms with E-state index in [-0.39, 0.29) is 0 Å². The van der Waals surface area contributed by atoms with E-state index in [1.54, 1.807) is 6.20 Å². The predicted octanol–water partition coefficient (Wildman–Crippen LogP) is 2.13. The number of aromatic nitrogens is 4. The van der Waals surface area contributed by atoms with Gasteiger partial charge in [0.1, 0.15) is 5.82 Å². The van der Waals surface area contributed by atoms with Gasteiger partial charge in [0.25, 0.3) is 0 Å². The molecule has 1 aromatic carbocycles. The summed E-state index contributed by atoms with van der Waals surface area (Å²) in [5.74, 6) is 1.43. The van der Waals surface area contributed by atoms with Crippen molar-refractivity contribution < 1.29 is 13.2 Å². The van der Waals surface area contributed by atoms with Gasteiger partial charge in [-0.2, -0.15) is 9.40 Å². The Morgan fingerprint density at radius 3 is 2.61 bits per heavy atom. The maximum absolute atomic E-state index is 11.8. The lowest BCUT2D eigenvalue weighted by molar-refractivity contribution is 0.122. The van der Waals surface area contributed by atoms with Crippen LogP contribution < -0.4 is 4.90 Å². The zero-order chi connectivity index (χ0) is 25.3. The molecule has 0 spiro atoms. The molecular weight excluding hydrogens is 498 g/mol. The summed E-state index contributed by atoms with van der Waals surface area (Å²) in [5, 5.41) is 8.18. The summed E-state index contributed by atoms with van der Waals surface area (Å²) >= 11 is 4.87. The Morgan fingerprint density at radius 2 is 1.89 bits per heavy atom. The van der Waals surface area contributed by atoms with Crippen molar-refractivity contribution in [1.82, 2.24) is 29.4 Å². The van der Waals surface area contributed by atoms with E-state index in [2.05, 4.69) is 33.0 Å². The maximum atomic E-state index is 11.8. The number of hydrogen-bond donors (Lipinski definition) is 2. The Labute approximate surface area is 216 Å². The second-order valence-corrected chi connectivity index (χ2v) is 11.7. The number of hydrogen-bond acceptors (Lipinski definition) is 9. The monoisotopic (exact) mass is 529 g/mol. The molecule has 0 saturated carbocycles. The van der Waals surface area contributed by atoms with E-state index in [1.165, 1.54) is 10.6 Å². The van der Waals surface area contributed by atoms with Gasteiger partial charge in [-0.05, 0) is 19.1 Å². The van der Waals surface area contributed by atoms with Gasteiger partial charge in [-0.1, -0.05) is 17.7 Å². The summed E-state index contributed by atoms with van der Waals surface area (Å²) in [6.45, 7) is 8.00. The number of sulfonamides is 1. The number of aromatic amines is 1. The van der Waals surface area contributed by atoms with Crippen LogP contribution in [0.4, 0.5) is 5.82 Å². The molecule has 192 valence electrons. The Morgan fingerprint density at radius 1 is 1.14 bits per heavy atom. The third-order valence-corrected chi connectivity index (χ3v) is 8.32. The largest absolute Gasteiger partial charge is 0.378 e. The molecule has 5 rings (SSSR count). The highest BCUT2D eigenvalue weighted by atomic mass is 32.2. The van der Waals surface area contributed by atoms with Crippen LogP contribution in [0, 0.1) is 0 Å². The third-order valence-electron chi connectivity index (χ3n) is 6.59. The average molecular weight is 530 g/mol. The quantitative estimate of drug-likeness (QED) is 0.468. The zero-order valence-corrected chi connectivity index (χ0v) is 22.2. The molecule has 0 radical (unpaired) electrons. The zero-order valence-electron chi connectivity index (χ0n) is 20.5. The molecule has 10 nitrogen and oxygen atoms in total. The Bertz CT molecular complexity index is 1380. The molecule has 2 fully saturated rings. The number of piperazine rings is 1. The van der Waals surface area contributed by atoms with E-state index in [1.807, 2.05) is 18.2 Å². The molecular formula is C24H31N7O3S2. The SMILES string of the molecule is C/C(=C\c1nc(-c2cccc3[nH]ncc23)nc(N2CCOCC2)c1S)CN1CCN(S(C)(=O)=O)CC1. The smallest absolute Gasteiger partial charge is 0.211 e. The molecule has 2 aromatic heterocycles. The van der Waals surface area contributed by atoms with Crippen molar-refractivity contribution in [1.29, 1.82) is 0 Å². The highest BCUT2D eigenvalue weighted by Gasteiger charge is 2.24. The second kappa shape index (κ2) is 10.5. The van der Waals surface area contributed by atoms with Crippen molar-refractivity contribution in [2.45, 2.75) is 11.8 Å². The van der Waals surface area contributed by atoms with E-state index in [0.29, 0.717) is 45.2 Å². The third kappa shape index (κ3) is 5.42. The van der Waals surface area contributed by atoms with Crippen LogP contribution in [0.15, 0.2) is 34.9 Å². The molecule has 2 saturated heterocycles. The Hall–Kier alpha value is -2.51. The van der Waals surface area contributed by atoms with Crippen molar-refractivity contribution >= 4 is 45.4 Å². The molecule has 1 N–H and O–H groups in total.